The molecule has 1 heterocycles. The van der Waals surface area contributed by atoms with E-state index in [9.17, 15) is 0 Å². The van der Waals surface area contributed by atoms with Crippen molar-refractivity contribution in [2.45, 2.75) is 19.4 Å². The summed E-state index contributed by atoms with van der Waals surface area (Å²) >= 11 is 0. The molecule has 2 nitrogen and oxygen atoms in total. The Morgan fingerprint density at radius 2 is 1.74 bits per heavy atom. The fourth-order valence-corrected chi connectivity index (χ4v) is 3.34. The molecule has 1 saturated heterocycles. The minimum Gasteiger partial charge on any atom is -0.314 e. The van der Waals surface area contributed by atoms with E-state index < -0.39 is 0 Å². The average Bonchev–Trinajstić information content (AvgIpc) is 2.61. The van der Waals surface area contributed by atoms with E-state index in [1.54, 1.807) is 0 Å². The molecule has 0 unspecified atom stereocenters. The quantitative estimate of drug-likeness (QED) is 0.830. The molecule has 0 radical (unpaired) electrons. The van der Waals surface area contributed by atoms with Gasteiger partial charge in [0.2, 0.25) is 0 Å². The Balaban J connectivity index is 1.91. The molecule has 0 spiro atoms. The van der Waals surface area contributed by atoms with Gasteiger partial charge in [-0.05, 0) is 36.1 Å². The molecule has 2 aromatic carbocycles. The lowest BCUT2D eigenvalue weighted by Gasteiger charge is -2.35. The zero-order valence-corrected chi connectivity index (χ0v) is 14.0. The minimum absolute atomic E-state index is 0.429. The van der Waals surface area contributed by atoms with Crippen LogP contribution >= 0.6 is 0 Å². The average molecular weight is 306 g/mol. The number of hydrogen-bond acceptors (Lipinski definition) is 2. The van der Waals surface area contributed by atoms with Gasteiger partial charge in [0.1, 0.15) is 0 Å². The summed E-state index contributed by atoms with van der Waals surface area (Å²) in [6.45, 7) is 10.6. The Morgan fingerprint density at radius 1 is 1.04 bits per heavy atom. The van der Waals surface area contributed by atoms with Crippen LogP contribution in [0.2, 0.25) is 0 Å². The van der Waals surface area contributed by atoms with E-state index in [1.807, 2.05) is 0 Å². The maximum Gasteiger partial charge on any atom is 0.0386 e. The van der Waals surface area contributed by atoms with Crippen molar-refractivity contribution in [3.05, 3.63) is 72.3 Å². The second-order valence-corrected chi connectivity index (χ2v) is 6.45. The third kappa shape index (κ3) is 4.10. The highest BCUT2D eigenvalue weighted by atomic mass is 15.2. The van der Waals surface area contributed by atoms with E-state index in [0.717, 1.165) is 32.6 Å². The molecule has 120 valence electrons. The van der Waals surface area contributed by atoms with Gasteiger partial charge in [0.25, 0.3) is 0 Å². The van der Waals surface area contributed by atoms with Gasteiger partial charge in [0, 0.05) is 32.2 Å². The van der Waals surface area contributed by atoms with Gasteiger partial charge in [-0.2, -0.15) is 0 Å². The van der Waals surface area contributed by atoms with Gasteiger partial charge >= 0.3 is 0 Å². The van der Waals surface area contributed by atoms with Crippen molar-refractivity contribution in [3.63, 3.8) is 0 Å². The van der Waals surface area contributed by atoms with Crippen molar-refractivity contribution in [3.8, 4) is 11.1 Å². The zero-order chi connectivity index (χ0) is 16.1. The molecule has 0 aromatic heterocycles. The van der Waals surface area contributed by atoms with Crippen molar-refractivity contribution in [2.75, 3.05) is 26.2 Å². The first-order chi connectivity index (χ1) is 11.2. The largest absolute Gasteiger partial charge is 0.314 e. The monoisotopic (exact) mass is 306 g/mol. The predicted octanol–water partition coefficient (Wildman–Crippen LogP) is 4.27. The number of hydrogen-bond donors (Lipinski definition) is 1. The summed E-state index contributed by atoms with van der Waals surface area (Å²) in [4.78, 5) is 2.59. The van der Waals surface area contributed by atoms with Crippen LogP contribution < -0.4 is 5.32 Å². The highest BCUT2D eigenvalue weighted by Gasteiger charge is 2.22. The molecular formula is C21H26N2. The third-order valence-corrected chi connectivity index (χ3v) is 4.51. The normalized spacial score (nSPS) is 16.9. The first-order valence-corrected chi connectivity index (χ1v) is 8.48. The molecule has 1 atom stereocenters. The van der Waals surface area contributed by atoms with Crippen molar-refractivity contribution < 1.29 is 0 Å². The molecule has 1 fully saturated rings. The molecular weight excluding hydrogens is 280 g/mol. The van der Waals surface area contributed by atoms with Crippen LogP contribution in [0.15, 0.2) is 66.7 Å². The lowest BCUT2D eigenvalue weighted by atomic mass is 9.94. The van der Waals surface area contributed by atoms with Crippen molar-refractivity contribution in [1.82, 2.24) is 10.2 Å². The number of benzene rings is 2. The lowest BCUT2D eigenvalue weighted by Crippen LogP contribution is -2.45. The molecule has 23 heavy (non-hydrogen) atoms. The summed E-state index contributed by atoms with van der Waals surface area (Å²) in [6.07, 6.45) is 1.03. The van der Waals surface area contributed by atoms with E-state index in [1.165, 1.54) is 22.3 Å². The molecule has 0 saturated carbocycles. The molecule has 1 aliphatic rings. The van der Waals surface area contributed by atoms with Gasteiger partial charge in [0.05, 0.1) is 0 Å². The van der Waals surface area contributed by atoms with Crippen molar-refractivity contribution in [1.29, 1.82) is 0 Å². The lowest BCUT2D eigenvalue weighted by molar-refractivity contribution is 0.172. The van der Waals surface area contributed by atoms with Gasteiger partial charge in [-0.1, -0.05) is 54.1 Å². The van der Waals surface area contributed by atoms with Gasteiger partial charge in [-0.15, -0.1) is 6.58 Å². The fourth-order valence-electron chi connectivity index (χ4n) is 3.34. The third-order valence-electron chi connectivity index (χ3n) is 4.51. The Labute approximate surface area is 139 Å². The van der Waals surface area contributed by atoms with Crippen LogP contribution in [0.5, 0.6) is 0 Å². The van der Waals surface area contributed by atoms with E-state index in [0.29, 0.717) is 6.04 Å². The van der Waals surface area contributed by atoms with Crippen LogP contribution in [-0.4, -0.2) is 31.1 Å². The van der Waals surface area contributed by atoms with Gasteiger partial charge in [-0.25, -0.2) is 0 Å². The second-order valence-electron chi connectivity index (χ2n) is 6.45. The summed E-state index contributed by atoms with van der Waals surface area (Å²) in [6, 6.07) is 20.1. The maximum atomic E-state index is 4.15. The first-order valence-electron chi connectivity index (χ1n) is 8.48. The molecule has 2 aromatic rings. The summed E-state index contributed by atoms with van der Waals surface area (Å²) in [5.74, 6) is 0. The van der Waals surface area contributed by atoms with Gasteiger partial charge in [0.15, 0.2) is 0 Å². The number of nitrogens with zero attached hydrogens (tertiary/aromatic N) is 1. The van der Waals surface area contributed by atoms with E-state index in [2.05, 4.69) is 78.3 Å². The first kappa shape index (κ1) is 16.0. The van der Waals surface area contributed by atoms with Crippen LogP contribution in [0.3, 0.4) is 0 Å². The Bertz CT molecular complexity index is 642. The highest BCUT2D eigenvalue weighted by molar-refractivity contribution is 5.64. The molecule has 0 bridgehead atoms. The Kier molecular flexibility index (Phi) is 5.27. The molecule has 1 N–H and O–H groups in total. The standard InChI is InChI=1S/C21H26N2/c1-17(2)15-21(23-13-11-22-12-14-23)20-10-6-9-19(16-20)18-7-4-3-5-8-18/h3-10,16,21-22H,1,11-15H2,2H3/t21-/m0/s1. The van der Waals surface area contributed by atoms with Crippen molar-refractivity contribution >= 4 is 0 Å². The Morgan fingerprint density at radius 3 is 2.43 bits per heavy atom. The summed E-state index contributed by atoms with van der Waals surface area (Å²) in [7, 11) is 0. The van der Waals surface area contributed by atoms with E-state index in [4.69, 9.17) is 0 Å². The maximum absolute atomic E-state index is 4.15. The number of nitrogens with one attached hydrogen (secondary N) is 1. The fraction of sp³-hybridized carbons (Fsp3) is 0.333. The molecule has 2 heteroatoms. The number of piperazine rings is 1. The molecule has 1 aliphatic heterocycles. The molecule has 0 aliphatic carbocycles. The molecule has 3 rings (SSSR count). The van der Waals surface area contributed by atoms with Gasteiger partial charge in [-0.3, -0.25) is 4.90 Å². The van der Waals surface area contributed by atoms with Crippen LogP contribution in [0.4, 0.5) is 0 Å². The minimum atomic E-state index is 0.429. The smallest absolute Gasteiger partial charge is 0.0386 e. The SMILES string of the molecule is C=C(C)C[C@@H](c1cccc(-c2ccccc2)c1)N1CCNCC1. The topological polar surface area (TPSA) is 15.3 Å². The summed E-state index contributed by atoms with van der Waals surface area (Å²) in [5.41, 5.74) is 5.23. The van der Waals surface area contributed by atoms with E-state index in [-0.39, 0.29) is 0 Å². The van der Waals surface area contributed by atoms with Crippen LogP contribution in [0, 0.1) is 0 Å². The zero-order valence-electron chi connectivity index (χ0n) is 14.0. The van der Waals surface area contributed by atoms with Crippen LogP contribution in [0.1, 0.15) is 24.9 Å². The van der Waals surface area contributed by atoms with E-state index >= 15 is 0 Å². The second kappa shape index (κ2) is 7.58. The Hall–Kier alpha value is -1.90. The number of rotatable bonds is 5. The van der Waals surface area contributed by atoms with Crippen LogP contribution in [0.25, 0.3) is 11.1 Å². The highest BCUT2D eigenvalue weighted by Crippen LogP contribution is 2.30. The van der Waals surface area contributed by atoms with Crippen LogP contribution in [-0.2, 0) is 0 Å². The summed E-state index contributed by atoms with van der Waals surface area (Å²) in [5, 5.41) is 3.45. The van der Waals surface area contributed by atoms with Crippen molar-refractivity contribution in [2.24, 2.45) is 0 Å². The predicted molar refractivity (Wildman–Crippen MR) is 98.5 cm³/mol. The summed E-state index contributed by atoms with van der Waals surface area (Å²) < 4.78 is 0. The van der Waals surface area contributed by atoms with Gasteiger partial charge < -0.3 is 5.32 Å². The molecule has 0 amide bonds.